The van der Waals surface area contributed by atoms with Crippen molar-refractivity contribution in [3.05, 3.63) is 83.1 Å². The first kappa shape index (κ1) is 28.7. The fourth-order valence-electron chi connectivity index (χ4n) is 4.70. The van der Waals surface area contributed by atoms with Crippen LogP contribution >= 0.6 is 22.9 Å². The molecule has 0 spiro atoms. The summed E-state index contributed by atoms with van der Waals surface area (Å²) in [6.45, 7) is 7.48. The van der Waals surface area contributed by atoms with Crippen molar-refractivity contribution >= 4 is 45.1 Å². The van der Waals surface area contributed by atoms with Crippen molar-refractivity contribution in [1.82, 2.24) is 15.0 Å². The Morgan fingerprint density at radius 3 is 2.24 bits per heavy atom. The average Bonchev–Trinajstić information content (AvgIpc) is 3.35. The van der Waals surface area contributed by atoms with Crippen molar-refractivity contribution in [3.63, 3.8) is 0 Å². The minimum Gasteiger partial charge on any atom is -0.479 e. The zero-order valence-corrected chi connectivity index (χ0v) is 25.3. The molecule has 5 aromatic rings. The van der Waals surface area contributed by atoms with Crippen LogP contribution in [0.25, 0.3) is 43.0 Å². The molecule has 0 radical (unpaired) electrons. The Morgan fingerprint density at radius 2 is 1.63 bits per heavy atom. The Balaban J connectivity index is 1.69. The van der Waals surface area contributed by atoms with Crippen molar-refractivity contribution < 1.29 is 14.6 Å². The molecular weight excluding hydrogens is 556 g/mol. The molecule has 7 nitrogen and oxygen atoms in total. The highest BCUT2D eigenvalue weighted by molar-refractivity contribution is 7.22. The van der Waals surface area contributed by atoms with Crippen LogP contribution in [0, 0.1) is 6.92 Å². The number of carbonyl (C=O) groups is 1. The van der Waals surface area contributed by atoms with Gasteiger partial charge in [0, 0.05) is 53.8 Å². The molecule has 1 atom stereocenters. The third-order valence-corrected chi connectivity index (χ3v) is 7.89. The Kier molecular flexibility index (Phi) is 7.83. The molecule has 5 rings (SSSR count). The van der Waals surface area contributed by atoms with Gasteiger partial charge < -0.3 is 14.7 Å². The molecule has 0 fully saturated rings. The zero-order chi connectivity index (χ0) is 29.5. The zero-order valence-electron chi connectivity index (χ0n) is 23.8. The lowest BCUT2D eigenvalue weighted by Gasteiger charge is -2.28. The van der Waals surface area contributed by atoms with E-state index in [0.29, 0.717) is 16.5 Å². The molecule has 0 bridgehead atoms. The van der Waals surface area contributed by atoms with Gasteiger partial charge in [0.05, 0.1) is 15.8 Å². The lowest BCUT2D eigenvalue weighted by atomic mass is 9.91. The second kappa shape index (κ2) is 11.2. The van der Waals surface area contributed by atoms with Crippen LogP contribution in [-0.4, -0.2) is 45.7 Å². The molecule has 2 heterocycles. The molecule has 2 aromatic heterocycles. The van der Waals surface area contributed by atoms with Crippen molar-refractivity contribution in [1.29, 1.82) is 0 Å². The van der Waals surface area contributed by atoms with Crippen molar-refractivity contribution in [2.45, 2.75) is 39.4 Å². The highest BCUT2D eigenvalue weighted by atomic mass is 35.5. The van der Waals surface area contributed by atoms with Gasteiger partial charge in [0.15, 0.2) is 6.10 Å². The SMILES string of the molecule is Cc1cc2nc(-c3cccc(-c4cnc(N(C)C)nc4)c3)sc2c(-c2ccc(Cl)cc2)c1[C@H](OC(C)(C)C)C(=O)O. The molecule has 0 unspecified atom stereocenters. The van der Waals surface area contributed by atoms with Crippen molar-refractivity contribution in [2.75, 3.05) is 19.0 Å². The summed E-state index contributed by atoms with van der Waals surface area (Å²) < 4.78 is 7.01. The number of nitrogens with zero attached hydrogens (tertiary/aromatic N) is 4. The van der Waals surface area contributed by atoms with E-state index in [0.717, 1.165) is 48.6 Å². The number of benzene rings is 3. The highest BCUT2D eigenvalue weighted by Crippen LogP contribution is 2.44. The molecule has 0 aliphatic carbocycles. The molecule has 210 valence electrons. The third kappa shape index (κ3) is 6.10. The Morgan fingerprint density at radius 1 is 0.976 bits per heavy atom. The number of fused-ring (bicyclic) bond motifs is 1. The van der Waals surface area contributed by atoms with Crippen LogP contribution in [0.15, 0.2) is 67.0 Å². The summed E-state index contributed by atoms with van der Waals surface area (Å²) in [6, 6.07) is 17.5. The van der Waals surface area contributed by atoms with Gasteiger partial charge in [0.2, 0.25) is 5.95 Å². The second-order valence-corrected chi connectivity index (χ2v) is 12.5. The number of aryl methyl sites for hydroxylation is 1. The summed E-state index contributed by atoms with van der Waals surface area (Å²) in [5.74, 6) is -0.399. The van der Waals surface area contributed by atoms with Gasteiger partial charge in [-0.15, -0.1) is 11.3 Å². The summed E-state index contributed by atoms with van der Waals surface area (Å²) in [5, 5.41) is 11.7. The van der Waals surface area contributed by atoms with E-state index in [-0.39, 0.29) is 0 Å². The van der Waals surface area contributed by atoms with E-state index in [1.165, 1.54) is 11.3 Å². The molecule has 0 aliphatic heterocycles. The van der Waals surface area contributed by atoms with Gasteiger partial charge in [-0.25, -0.2) is 19.7 Å². The van der Waals surface area contributed by atoms with E-state index < -0.39 is 17.7 Å². The van der Waals surface area contributed by atoms with Gasteiger partial charge in [-0.2, -0.15) is 0 Å². The summed E-state index contributed by atoms with van der Waals surface area (Å²) in [5.41, 5.74) is 6.00. The molecule has 9 heteroatoms. The number of carboxylic acid groups (broad SMARTS) is 1. The molecule has 0 amide bonds. The minimum atomic E-state index is -1.16. The molecule has 1 N–H and O–H groups in total. The Bertz CT molecular complexity index is 1730. The number of thiazole rings is 1. The van der Waals surface area contributed by atoms with Gasteiger partial charge in [0.1, 0.15) is 5.01 Å². The normalized spacial score (nSPS) is 12.5. The number of aliphatic carboxylic acids is 1. The smallest absolute Gasteiger partial charge is 0.337 e. The van der Waals surface area contributed by atoms with Gasteiger partial charge in [0.25, 0.3) is 0 Å². The highest BCUT2D eigenvalue weighted by Gasteiger charge is 2.32. The maximum atomic E-state index is 12.6. The van der Waals surface area contributed by atoms with Crippen LogP contribution in [0.3, 0.4) is 0 Å². The number of halogens is 1. The minimum absolute atomic E-state index is 0.601. The van der Waals surface area contributed by atoms with Gasteiger partial charge in [-0.1, -0.05) is 41.9 Å². The summed E-state index contributed by atoms with van der Waals surface area (Å²) in [7, 11) is 3.81. The van der Waals surface area contributed by atoms with Crippen LogP contribution in [0.1, 0.15) is 38.0 Å². The molecule has 0 saturated heterocycles. The van der Waals surface area contributed by atoms with Crippen LogP contribution in [0.5, 0.6) is 0 Å². The topological polar surface area (TPSA) is 88.4 Å². The van der Waals surface area contributed by atoms with E-state index in [9.17, 15) is 9.90 Å². The van der Waals surface area contributed by atoms with E-state index in [2.05, 4.69) is 16.0 Å². The van der Waals surface area contributed by atoms with Crippen molar-refractivity contribution in [2.24, 2.45) is 0 Å². The Labute approximate surface area is 248 Å². The van der Waals surface area contributed by atoms with Crippen LogP contribution in [-0.2, 0) is 9.53 Å². The Hall–Kier alpha value is -3.85. The molecule has 41 heavy (non-hydrogen) atoms. The molecule has 3 aromatic carbocycles. The van der Waals surface area contributed by atoms with E-state index in [4.69, 9.17) is 21.3 Å². The van der Waals surface area contributed by atoms with E-state index in [1.807, 2.05) is 108 Å². The quantitative estimate of drug-likeness (QED) is 0.206. The summed E-state index contributed by atoms with van der Waals surface area (Å²) in [4.78, 5) is 28.4. The first-order chi connectivity index (χ1) is 19.4. The van der Waals surface area contributed by atoms with E-state index >= 15 is 0 Å². The largest absolute Gasteiger partial charge is 0.479 e. The first-order valence-electron chi connectivity index (χ1n) is 13.1. The van der Waals surface area contributed by atoms with Crippen LogP contribution < -0.4 is 4.90 Å². The molecule has 0 saturated carbocycles. The third-order valence-electron chi connectivity index (χ3n) is 6.50. The molecular formula is C32H31ClN4O3S. The molecule has 0 aliphatic rings. The average molecular weight is 587 g/mol. The van der Waals surface area contributed by atoms with Gasteiger partial charge in [-0.05, 0) is 68.7 Å². The fraction of sp³-hybridized carbons (Fsp3) is 0.250. The predicted octanol–water partition coefficient (Wildman–Crippen LogP) is 8.06. The lowest BCUT2D eigenvalue weighted by molar-refractivity contribution is -0.160. The summed E-state index contributed by atoms with van der Waals surface area (Å²) in [6.07, 6.45) is 2.47. The summed E-state index contributed by atoms with van der Waals surface area (Å²) >= 11 is 7.75. The number of hydrogen-bond donors (Lipinski definition) is 1. The fourth-order valence-corrected chi connectivity index (χ4v) is 5.94. The maximum absolute atomic E-state index is 12.6. The van der Waals surface area contributed by atoms with Crippen molar-refractivity contribution in [3.8, 4) is 32.8 Å². The van der Waals surface area contributed by atoms with Gasteiger partial charge in [-0.3, -0.25) is 0 Å². The standard InChI is InChI=1S/C32H31ClN4O3S/c1-18-14-24-28(26(19-10-12-23(33)13-11-19)25(18)27(30(38)39)40-32(2,3)4)41-29(36-24)21-9-7-8-20(15-21)22-16-34-31(35-17-22)37(5)6/h7-17,27H,1-6H3,(H,38,39)/t27-/m0/s1. The number of aromatic nitrogens is 3. The lowest BCUT2D eigenvalue weighted by Crippen LogP contribution is -2.28. The monoisotopic (exact) mass is 586 g/mol. The second-order valence-electron chi connectivity index (χ2n) is 11.1. The van der Waals surface area contributed by atoms with Gasteiger partial charge >= 0.3 is 5.97 Å². The number of carboxylic acids is 1. The number of hydrogen-bond acceptors (Lipinski definition) is 7. The number of rotatable bonds is 7. The van der Waals surface area contributed by atoms with E-state index in [1.54, 1.807) is 0 Å². The maximum Gasteiger partial charge on any atom is 0.337 e. The number of ether oxygens (including phenoxy) is 1. The predicted molar refractivity (Wildman–Crippen MR) is 167 cm³/mol. The first-order valence-corrected chi connectivity index (χ1v) is 14.3. The van der Waals surface area contributed by atoms with Crippen LogP contribution in [0.4, 0.5) is 5.95 Å². The number of anilines is 1. The van der Waals surface area contributed by atoms with Crippen LogP contribution in [0.2, 0.25) is 5.02 Å².